The van der Waals surface area contributed by atoms with Crippen molar-refractivity contribution in [2.24, 2.45) is 0 Å². The van der Waals surface area contributed by atoms with E-state index in [1.807, 2.05) is 0 Å². The lowest BCUT2D eigenvalue weighted by Gasteiger charge is -2.18. The lowest BCUT2D eigenvalue weighted by molar-refractivity contribution is -0.167. The Morgan fingerprint density at radius 3 is 0.675 bits per heavy atom. The summed E-state index contributed by atoms with van der Waals surface area (Å²) in [5, 5.41) is 0. The summed E-state index contributed by atoms with van der Waals surface area (Å²) in [6.07, 6.45) is 79.8. The summed E-state index contributed by atoms with van der Waals surface area (Å²) >= 11 is 0. The van der Waals surface area contributed by atoms with E-state index in [1.54, 1.807) is 0 Å². The minimum Gasteiger partial charge on any atom is -0.462 e. The van der Waals surface area contributed by atoms with Gasteiger partial charge in [0.2, 0.25) is 0 Å². The Bertz CT molecular complexity index is 1200. The van der Waals surface area contributed by atoms with Gasteiger partial charge in [0.1, 0.15) is 13.2 Å². The van der Waals surface area contributed by atoms with E-state index in [-0.39, 0.29) is 31.1 Å². The molecule has 0 aliphatic carbocycles. The molecular formula is C71H136O6. The summed E-state index contributed by atoms with van der Waals surface area (Å²) in [5.41, 5.74) is 0. The maximum Gasteiger partial charge on any atom is 0.306 e. The molecule has 0 saturated heterocycles. The molecule has 0 aliphatic heterocycles. The van der Waals surface area contributed by atoms with Crippen LogP contribution in [-0.2, 0) is 28.6 Å². The van der Waals surface area contributed by atoms with Gasteiger partial charge in [0.05, 0.1) is 0 Å². The smallest absolute Gasteiger partial charge is 0.306 e. The Balaban J connectivity index is 4.01. The van der Waals surface area contributed by atoms with Crippen molar-refractivity contribution in [1.29, 1.82) is 0 Å². The summed E-state index contributed by atoms with van der Waals surface area (Å²) in [5.74, 6) is -0.846. The van der Waals surface area contributed by atoms with Crippen LogP contribution in [0.15, 0.2) is 12.2 Å². The van der Waals surface area contributed by atoms with Gasteiger partial charge in [-0.05, 0) is 44.9 Å². The number of hydrogen-bond donors (Lipinski definition) is 0. The van der Waals surface area contributed by atoms with Gasteiger partial charge in [0.25, 0.3) is 0 Å². The number of carbonyl (C=O) groups is 3. The fourth-order valence-corrected chi connectivity index (χ4v) is 11.0. The minimum atomic E-state index is -0.768. The predicted octanol–water partition coefficient (Wildman–Crippen LogP) is 24.0. The summed E-state index contributed by atoms with van der Waals surface area (Å²) in [7, 11) is 0. The molecular weight excluding hydrogens is 949 g/mol. The first kappa shape index (κ1) is 75.2. The maximum absolute atomic E-state index is 12.9. The van der Waals surface area contributed by atoms with Crippen LogP contribution in [-0.4, -0.2) is 37.2 Å². The number of rotatable bonds is 66. The summed E-state index contributed by atoms with van der Waals surface area (Å²) < 4.78 is 16.9. The van der Waals surface area contributed by atoms with Crippen LogP contribution in [0.3, 0.4) is 0 Å². The average molecular weight is 1090 g/mol. The third-order valence-corrected chi connectivity index (χ3v) is 16.3. The van der Waals surface area contributed by atoms with Crippen LogP contribution >= 0.6 is 0 Å². The molecule has 0 aliphatic rings. The lowest BCUT2D eigenvalue weighted by atomic mass is 10.0. The molecule has 0 heterocycles. The quantitative estimate of drug-likeness (QED) is 0.0261. The molecule has 77 heavy (non-hydrogen) atoms. The van der Waals surface area contributed by atoms with Crippen molar-refractivity contribution in [3.8, 4) is 0 Å². The van der Waals surface area contributed by atoms with E-state index in [4.69, 9.17) is 14.2 Å². The first-order chi connectivity index (χ1) is 38.0. The second-order valence-corrected chi connectivity index (χ2v) is 24.2. The second-order valence-electron chi connectivity index (χ2n) is 24.2. The highest BCUT2D eigenvalue weighted by molar-refractivity contribution is 5.71. The molecule has 0 rings (SSSR count). The van der Waals surface area contributed by atoms with Crippen LogP contribution < -0.4 is 0 Å². The largest absolute Gasteiger partial charge is 0.462 e. The highest BCUT2D eigenvalue weighted by atomic mass is 16.6. The normalized spacial score (nSPS) is 12.0. The number of carbonyl (C=O) groups excluding carboxylic acids is 3. The highest BCUT2D eigenvalue weighted by Gasteiger charge is 2.19. The maximum atomic E-state index is 12.9. The molecule has 0 fully saturated rings. The molecule has 0 aromatic heterocycles. The fraction of sp³-hybridized carbons (Fsp3) is 0.930. The summed E-state index contributed by atoms with van der Waals surface area (Å²) in [4.78, 5) is 38.3. The number of esters is 3. The average Bonchev–Trinajstić information content (AvgIpc) is 3.43. The van der Waals surface area contributed by atoms with E-state index < -0.39 is 6.10 Å². The molecule has 0 aromatic carbocycles. The Hall–Kier alpha value is -1.85. The molecule has 456 valence electrons. The van der Waals surface area contributed by atoms with E-state index in [0.29, 0.717) is 19.3 Å². The third-order valence-electron chi connectivity index (χ3n) is 16.3. The molecule has 0 spiro atoms. The minimum absolute atomic E-state index is 0.0662. The van der Waals surface area contributed by atoms with Crippen LogP contribution in [0.2, 0.25) is 0 Å². The molecule has 0 N–H and O–H groups in total. The van der Waals surface area contributed by atoms with Gasteiger partial charge in [0, 0.05) is 19.3 Å². The van der Waals surface area contributed by atoms with Gasteiger partial charge in [-0.3, -0.25) is 14.4 Å². The van der Waals surface area contributed by atoms with Crippen molar-refractivity contribution in [3.05, 3.63) is 12.2 Å². The first-order valence-corrected chi connectivity index (χ1v) is 35.2. The van der Waals surface area contributed by atoms with E-state index in [1.165, 1.54) is 302 Å². The van der Waals surface area contributed by atoms with Crippen LogP contribution in [0, 0.1) is 0 Å². The van der Waals surface area contributed by atoms with Crippen molar-refractivity contribution in [2.45, 2.75) is 412 Å². The van der Waals surface area contributed by atoms with Gasteiger partial charge in [-0.15, -0.1) is 0 Å². The van der Waals surface area contributed by atoms with Crippen LogP contribution in [0.4, 0.5) is 0 Å². The van der Waals surface area contributed by atoms with Crippen molar-refractivity contribution in [1.82, 2.24) is 0 Å². The zero-order valence-corrected chi connectivity index (χ0v) is 52.5. The molecule has 0 amide bonds. The number of hydrogen-bond acceptors (Lipinski definition) is 6. The molecule has 1 unspecified atom stereocenters. The van der Waals surface area contributed by atoms with E-state index >= 15 is 0 Å². The molecule has 0 radical (unpaired) electrons. The lowest BCUT2D eigenvalue weighted by Crippen LogP contribution is -2.30. The van der Waals surface area contributed by atoms with Gasteiger partial charge >= 0.3 is 17.9 Å². The van der Waals surface area contributed by atoms with E-state index in [9.17, 15) is 14.4 Å². The first-order valence-electron chi connectivity index (χ1n) is 35.2. The number of ether oxygens (including phenoxy) is 3. The van der Waals surface area contributed by atoms with Crippen molar-refractivity contribution in [2.75, 3.05) is 13.2 Å². The van der Waals surface area contributed by atoms with Gasteiger partial charge in [-0.25, -0.2) is 0 Å². The molecule has 0 aromatic rings. The van der Waals surface area contributed by atoms with Crippen molar-refractivity contribution < 1.29 is 28.6 Å². The Morgan fingerprint density at radius 2 is 0.429 bits per heavy atom. The topological polar surface area (TPSA) is 78.9 Å². The van der Waals surface area contributed by atoms with Crippen LogP contribution in [0.25, 0.3) is 0 Å². The van der Waals surface area contributed by atoms with E-state index in [2.05, 4.69) is 32.9 Å². The molecule has 6 heteroatoms. The molecule has 1 atom stereocenters. The van der Waals surface area contributed by atoms with Gasteiger partial charge in [0.15, 0.2) is 6.10 Å². The standard InChI is InChI=1S/C71H136O6/c1-4-7-10-13-16-19-22-25-27-28-29-30-31-32-33-34-35-36-37-38-39-40-41-42-43-44-45-47-49-52-55-58-61-64-70(73)76-67-68(66-75-69(72)63-60-57-54-51-48-24-21-18-15-12-9-6-3)77-71(74)65-62-59-56-53-50-46-26-23-20-17-14-11-8-5-2/h18,21,68H,4-17,19-20,22-67H2,1-3H3/b21-18-. The molecule has 0 saturated carbocycles. The van der Waals surface area contributed by atoms with E-state index in [0.717, 1.165) is 64.2 Å². The van der Waals surface area contributed by atoms with Gasteiger partial charge in [-0.1, -0.05) is 354 Å². The fourth-order valence-electron chi connectivity index (χ4n) is 11.0. The monoisotopic (exact) mass is 1090 g/mol. The summed E-state index contributed by atoms with van der Waals surface area (Å²) in [6, 6.07) is 0. The predicted molar refractivity (Wildman–Crippen MR) is 335 cm³/mol. The van der Waals surface area contributed by atoms with Gasteiger partial charge in [-0.2, -0.15) is 0 Å². The Labute approximate surface area is 481 Å². The van der Waals surface area contributed by atoms with Crippen LogP contribution in [0.1, 0.15) is 406 Å². The molecule has 0 bridgehead atoms. The zero-order chi connectivity index (χ0) is 55.7. The summed E-state index contributed by atoms with van der Waals surface area (Å²) in [6.45, 7) is 6.68. The third kappa shape index (κ3) is 64.9. The highest BCUT2D eigenvalue weighted by Crippen LogP contribution is 2.19. The Morgan fingerprint density at radius 1 is 0.247 bits per heavy atom. The number of allylic oxidation sites excluding steroid dienone is 2. The Kier molecular flexibility index (Phi) is 65.1. The van der Waals surface area contributed by atoms with Crippen molar-refractivity contribution in [3.63, 3.8) is 0 Å². The number of unbranched alkanes of at least 4 members (excludes halogenated alkanes) is 53. The van der Waals surface area contributed by atoms with Crippen molar-refractivity contribution >= 4 is 17.9 Å². The SMILES string of the molecule is CCCCC/C=C\CCCCCCCC(=O)OCC(COC(=O)CCCCCCCCCCCCCCCCCCCCCCCCCCCCCCCCCCC)OC(=O)CCCCCCCCCCCCCCCC. The zero-order valence-electron chi connectivity index (χ0n) is 52.5. The van der Waals surface area contributed by atoms with Crippen LogP contribution in [0.5, 0.6) is 0 Å². The van der Waals surface area contributed by atoms with Gasteiger partial charge < -0.3 is 14.2 Å². The second kappa shape index (κ2) is 66.7. The molecule has 6 nitrogen and oxygen atoms in total.